The van der Waals surface area contributed by atoms with Crippen LogP contribution in [-0.2, 0) is 16.1 Å². The van der Waals surface area contributed by atoms with Gasteiger partial charge in [0, 0.05) is 18.5 Å². The second-order valence-corrected chi connectivity index (χ2v) is 3.58. The number of imidazole rings is 1. The second-order valence-electron chi connectivity index (χ2n) is 3.58. The summed E-state index contributed by atoms with van der Waals surface area (Å²) in [6, 6.07) is 3.18. The highest BCUT2D eigenvalue weighted by molar-refractivity contribution is 5.70. The van der Waals surface area contributed by atoms with Gasteiger partial charge in [0.05, 0.1) is 12.7 Å². The Balaban J connectivity index is 2.39. The summed E-state index contributed by atoms with van der Waals surface area (Å²) in [5.41, 5.74) is 0.130. The molecule has 2 rings (SSSR count). The number of benzene rings is 1. The average molecular weight is 252 g/mol. The highest BCUT2D eigenvalue weighted by atomic mass is 19.1. The molecular formula is C12H10F2N2O2. The van der Waals surface area contributed by atoms with Gasteiger partial charge in [0.25, 0.3) is 0 Å². The molecule has 0 spiro atoms. The van der Waals surface area contributed by atoms with Gasteiger partial charge in [-0.3, -0.25) is 4.79 Å². The van der Waals surface area contributed by atoms with E-state index in [-0.39, 0.29) is 17.9 Å². The number of carbonyl (C=O) groups is 1. The lowest BCUT2D eigenvalue weighted by Gasteiger charge is -2.07. The van der Waals surface area contributed by atoms with Gasteiger partial charge in [-0.2, -0.15) is 0 Å². The molecule has 94 valence electrons. The van der Waals surface area contributed by atoms with Gasteiger partial charge in [0.1, 0.15) is 24.0 Å². The maximum Gasteiger partial charge on any atom is 0.325 e. The molecule has 6 heteroatoms. The number of ether oxygens (including phenoxy) is 1. The molecule has 1 heterocycles. The lowest BCUT2D eigenvalue weighted by Crippen LogP contribution is -2.12. The number of halogens is 2. The van der Waals surface area contributed by atoms with Crippen molar-refractivity contribution in [1.29, 1.82) is 0 Å². The fourth-order valence-corrected chi connectivity index (χ4v) is 1.56. The lowest BCUT2D eigenvalue weighted by atomic mass is 10.2. The number of rotatable bonds is 3. The zero-order valence-corrected chi connectivity index (χ0v) is 9.56. The van der Waals surface area contributed by atoms with Crippen LogP contribution >= 0.6 is 0 Å². The van der Waals surface area contributed by atoms with Gasteiger partial charge in [0.15, 0.2) is 0 Å². The minimum absolute atomic E-state index is 0.0807. The van der Waals surface area contributed by atoms with Gasteiger partial charge in [-0.05, 0) is 12.1 Å². The van der Waals surface area contributed by atoms with Gasteiger partial charge in [-0.15, -0.1) is 0 Å². The van der Waals surface area contributed by atoms with E-state index >= 15 is 0 Å². The normalized spacial score (nSPS) is 10.4. The van der Waals surface area contributed by atoms with E-state index in [1.54, 1.807) is 0 Å². The quantitative estimate of drug-likeness (QED) is 0.785. The van der Waals surface area contributed by atoms with Crippen LogP contribution in [0.15, 0.2) is 30.6 Å². The largest absolute Gasteiger partial charge is 0.468 e. The van der Waals surface area contributed by atoms with Crippen LogP contribution < -0.4 is 0 Å². The van der Waals surface area contributed by atoms with Gasteiger partial charge in [-0.1, -0.05) is 0 Å². The Morgan fingerprint density at radius 3 is 2.89 bits per heavy atom. The highest BCUT2D eigenvalue weighted by Gasteiger charge is 2.13. The van der Waals surface area contributed by atoms with Crippen molar-refractivity contribution in [1.82, 2.24) is 9.55 Å². The molecule has 0 aliphatic heterocycles. The smallest absolute Gasteiger partial charge is 0.325 e. The first-order chi connectivity index (χ1) is 8.61. The lowest BCUT2D eigenvalue weighted by molar-refractivity contribution is -0.141. The Kier molecular flexibility index (Phi) is 3.36. The molecule has 0 atom stereocenters. The van der Waals surface area contributed by atoms with Crippen LogP contribution in [0, 0.1) is 11.6 Å². The number of hydrogen-bond donors (Lipinski definition) is 0. The van der Waals surface area contributed by atoms with E-state index in [9.17, 15) is 13.6 Å². The fourth-order valence-electron chi connectivity index (χ4n) is 1.56. The first-order valence-electron chi connectivity index (χ1n) is 5.15. The van der Waals surface area contributed by atoms with Crippen molar-refractivity contribution in [3.8, 4) is 11.4 Å². The number of methoxy groups -OCH3 is 1. The van der Waals surface area contributed by atoms with Crippen LogP contribution in [0.4, 0.5) is 8.78 Å². The van der Waals surface area contributed by atoms with E-state index in [1.807, 2.05) is 0 Å². The number of nitrogens with zero attached hydrogens (tertiary/aromatic N) is 2. The molecule has 0 unspecified atom stereocenters. The Hall–Kier alpha value is -2.24. The van der Waals surface area contributed by atoms with Crippen molar-refractivity contribution >= 4 is 5.97 Å². The molecule has 0 bridgehead atoms. The van der Waals surface area contributed by atoms with Crippen LogP contribution in [0.25, 0.3) is 11.4 Å². The molecule has 2 aromatic rings. The summed E-state index contributed by atoms with van der Waals surface area (Å²) < 4.78 is 32.4. The zero-order chi connectivity index (χ0) is 13.1. The standard InChI is InChI=1S/C12H10F2N2O2/c1-18-11(17)7-16-5-4-15-12(16)9-3-2-8(13)6-10(9)14/h2-6H,7H2,1H3. The second kappa shape index (κ2) is 4.95. The maximum absolute atomic E-state index is 13.6. The summed E-state index contributed by atoms with van der Waals surface area (Å²) in [5, 5.41) is 0. The summed E-state index contributed by atoms with van der Waals surface area (Å²) in [7, 11) is 1.26. The first kappa shape index (κ1) is 12.2. The SMILES string of the molecule is COC(=O)Cn1ccnc1-c1ccc(F)cc1F. The molecule has 0 saturated heterocycles. The van der Waals surface area contributed by atoms with Crippen molar-refractivity contribution in [3.05, 3.63) is 42.2 Å². The predicted octanol–water partition coefficient (Wildman–Crippen LogP) is 2.00. The van der Waals surface area contributed by atoms with Gasteiger partial charge in [0.2, 0.25) is 0 Å². The van der Waals surface area contributed by atoms with E-state index < -0.39 is 17.6 Å². The highest BCUT2D eigenvalue weighted by Crippen LogP contribution is 2.21. The molecule has 1 aromatic heterocycles. The molecule has 0 aliphatic carbocycles. The topological polar surface area (TPSA) is 44.1 Å². The van der Waals surface area contributed by atoms with Crippen LogP contribution in [0.3, 0.4) is 0 Å². The van der Waals surface area contributed by atoms with Gasteiger partial charge < -0.3 is 9.30 Å². The monoisotopic (exact) mass is 252 g/mol. The van der Waals surface area contributed by atoms with Crippen molar-refractivity contribution in [2.75, 3.05) is 7.11 Å². The minimum atomic E-state index is -0.729. The molecule has 0 fully saturated rings. The van der Waals surface area contributed by atoms with Crippen LogP contribution in [0.5, 0.6) is 0 Å². The molecule has 4 nitrogen and oxygen atoms in total. The fraction of sp³-hybridized carbons (Fsp3) is 0.167. The molecular weight excluding hydrogens is 242 g/mol. The first-order valence-corrected chi connectivity index (χ1v) is 5.15. The molecule has 1 aromatic carbocycles. The zero-order valence-electron chi connectivity index (χ0n) is 9.56. The Bertz CT molecular complexity index is 581. The maximum atomic E-state index is 13.6. The number of esters is 1. The van der Waals surface area contributed by atoms with Crippen LogP contribution in [0.1, 0.15) is 0 Å². The molecule has 0 amide bonds. The van der Waals surface area contributed by atoms with Gasteiger partial charge in [-0.25, -0.2) is 13.8 Å². The minimum Gasteiger partial charge on any atom is -0.468 e. The molecule has 0 aliphatic rings. The van der Waals surface area contributed by atoms with E-state index in [0.29, 0.717) is 0 Å². The molecule has 18 heavy (non-hydrogen) atoms. The summed E-state index contributed by atoms with van der Waals surface area (Å²) in [4.78, 5) is 15.1. The Morgan fingerprint density at radius 2 is 2.22 bits per heavy atom. The van der Waals surface area contributed by atoms with Crippen molar-refractivity contribution in [2.45, 2.75) is 6.54 Å². The van der Waals surface area contributed by atoms with Gasteiger partial charge >= 0.3 is 5.97 Å². The van der Waals surface area contributed by atoms with Crippen LogP contribution in [0.2, 0.25) is 0 Å². The predicted molar refractivity (Wildman–Crippen MR) is 59.6 cm³/mol. The van der Waals surface area contributed by atoms with E-state index in [4.69, 9.17) is 0 Å². The summed E-state index contributed by atoms with van der Waals surface area (Å²) in [6.45, 7) is -0.0807. The van der Waals surface area contributed by atoms with E-state index in [1.165, 1.54) is 30.1 Å². The summed E-state index contributed by atoms with van der Waals surface area (Å²) in [6.07, 6.45) is 2.95. The van der Waals surface area contributed by atoms with Crippen molar-refractivity contribution < 1.29 is 18.3 Å². The van der Waals surface area contributed by atoms with E-state index in [2.05, 4.69) is 9.72 Å². The third kappa shape index (κ3) is 2.37. The Morgan fingerprint density at radius 1 is 1.44 bits per heavy atom. The number of aromatic nitrogens is 2. The molecule has 0 radical (unpaired) electrons. The summed E-state index contributed by atoms with van der Waals surface area (Å²) in [5.74, 6) is -1.62. The van der Waals surface area contributed by atoms with E-state index in [0.717, 1.165) is 12.1 Å². The molecule has 0 saturated carbocycles. The number of carbonyl (C=O) groups excluding carboxylic acids is 1. The third-order valence-electron chi connectivity index (χ3n) is 2.41. The summed E-state index contributed by atoms with van der Waals surface area (Å²) >= 11 is 0. The Labute approximate surface area is 102 Å². The third-order valence-corrected chi connectivity index (χ3v) is 2.41. The average Bonchev–Trinajstić information content (AvgIpc) is 2.77. The van der Waals surface area contributed by atoms with Crippen molar-refractivity contribution in [2.24, 2.45) is 0 Å². The van der Waals surface area contributed by atoms with Crippen LogP contribution in [-0.4, -0.2) is 22.6 Å². The molecule has 0 N–H and O–H groups in total. The number of hydrogen-bond acceptors (Lipinski definition) is 3. The van der Waals surface area contributed by atoms with Crippen molar-refractivity contribution in [3.63, 3.8) is 0 Å².